The van der Waals surface area contributed by atoms with Crippen LogP contribution in [0.3, 0.4) is 0 Å². The summed E-state index contributed by atoms with van der Waals surface area (Å²) in [6.07, 6.45) is -3.78. The lowest BCUT2D eigenvalue weighted by Gasteiger charge is -2.25. The Morgan fingerprint density at radius 2 is 2.04 bits per heavy atom. The van der Waals surface area contributed by atoms with Crippen molar-refractivity contribution in [3.05, 3.63) is 29.3 Å². The molecule has 1 atom stereocenters. The summed E-state index contributed by atoms with van der Waals surface area (Å²) in [5.41, 5.74) is -1.07. The molecule has 1 heterocycles. The number of carbonyl (C=O) groups excluding carboxylic acids is 2. The van der Waals surface area contributed by atoms with Crippen LogP contribution < -0.4 is 4.90 Å². The lowest BCUT2D eigenvalue weighted by atomic mass is 10.1. The summed E-state index contributed by atoms with van der Waals surface area (Å²) in [7, 11) is 1.41. The Kier molecular flexibility index (Phi) is 5.17. The standard InChI is InChI=1S/C16H19F3N2O3/c1-10(9-22)20(2)15(24)11-6-12(16(17,18)19)8-13(7-11)21-5-3-4-14(21)23/h6-8,10,22H,3-5,9H2,1-2H3. The Hall–Kier alpha value is -2.09. The minimum Gasteiger partial charge on any atom is -0.394 e. The molecule has 8 heteroatoms. The van der Waals surface area contributed by atoms with Crippen molar-refractivity contribution in [1.29, 1.82) is 0 Å². The molecule has 1 aliphatic rings. The summed E-state index contributed by atoms with van der Waals surface area (Å²) in [6, 6.07) is 2.41. The van der Waals surface area contributed by atoms with E-state index >= 15 is 0 Å². The maximum Gasteiger partial charge on any atom is 0.416 e. The fraction of sp³-hybridized carbons (Fsp3) is 0.500. The normalized spacial score (nSPS) is 16.4. The predicted molar refractivity (Wildman–Crippen MR) is 81.7 cm³/mol. The topological polar surface area (TPSA) is 60.9 Å². The van der Waals surface area contributed by atoms with E-state index in [0.29, 0.717) is 13.0 Å². The van der Waals surface area contributed by atoms with Crippen LogP contribution in [-0.4, -0.2) is 48.1 Å². The molecule has 0 saturated carbocycles. The van der Waals surface area contributed by atoms with Gasteiger partial charge in [0.05, 0.1) is 18.2 Å². The SMILES string of the molecule is CC(CO)N(C)C(=O)c1cc(N2CCCC2=O)cc(C(F)(F)F)c1. The van der Waals surface area contributed by atoms with Crippen molar-refractivity contribution in [2.24, 2.45) is 0 Å². The molecule has 1 aromatic rings. The number of likely N-dealkylation sites (N-methyl/N-ethyl adjacent to an activating group) is 1. The molecule has 0 bridgehead atoms. The van der Waals surface area contributed by atoms with Gasteiger partial charge in [0.2, 0.25) is 5.91 Å². The summed E-state index contributed by atoms with van der Waals surface area (Å²) in [5, 5.41) is 9.12. The number of benzene rings is 1. The zero-order chi connectivity index (χ0) is 18.1. The molecular weight excluding hydrogens is 325 g/mol. The molecule has 132 valence electrons. The van der Waals surface area contributed by atoms with Gasteiger partial charge in [-0.05, 0) is 31.5 Å². The van der Waals surface area contributed by atoms with E-state index in [0.717, 1.165) is 12.1 Å². The van der Waals surface area contributed by atoms with E-state index in [9.17, 15) is 22.8 Å². The largest absolute Gasteiger partial charge is 0.416 e. The first-order valence-electron chi connectivity index (χ1n) is 7.56. The van der Waals surface area contributed by atoms with E-state index in [2.05, 4.69) is 0 Å². The summed E-state index contributed by atoms with van der Waals surface area (Å²) in [6.45, 7) is 1.60. The second kappa shape index (κ2) is 6.80. The number of halogens is 3. The number of aliphatic hydroxyl groups is 1. The maximum atomic E-state index is 13.2. The summed E-state index contributed by atoms with van der Waals surface area (Å²) in [5.74, 6) is -0.902. The average molecular weight is 344 g/mol. The van der Waals surface area contributed by atoms with Crippen LogP contribution in [0.4, 0.5) is 18.9 Å². The van der Waals surface area contributed by atoms with Gasteiger partial charge >= 0.3 is 6.18 Å². The van der Waals surface area contributed by atoms with Gasteiger partial charge < -0.3 is 14.9 Å². The Morgan fingerprint density at radius 1 is 1.38 bits per heavy atom. The Morgan fingerprint density at radius 3 is 2.54 bits per heavy atom. The Labute approximate surface area is 137 Å². The molecule has 0 aromatic heterocycles. The monoisotopic (exact) mass is 344 g/mol. The molecular formula is C16H19F3N2O3. The van der Waals surface area contributed by atoms with Crippen LogP contribution in [0, 0.1) is 0 Å². The van der Waals surface area contributed by atoms with Crippen molar-refractivity contribution in [2.45, 2.75) is 32.0 Å². The third kappa shape index (κ3) is 3.69. The van der Waals surface area contributed by atoms with Crippen molar-refractivity contribution < 1.29 is 27.9 Å². The third-order valence-corrected chi connectivity index (χ3v) is 4.12. The molecule has 1 saturated heterocycles. The first-order valence-corrected chi connectivity index (χ1v) is 7.56. The molecule has 24 heavy (non-hydrogen) atoms. The number of hydrogen-bond donors (Lipinski definition) is 1. The number of anilines is 1. The maximum absolute atomic E-state index is 13.2. The predicted octanol–water partition coefficient (Wildman–Crippen LogP) is 2.29. The minimum atomic E-state index is -4.63. The summed E-state index contributed by atoms with van der Waals surface area (Å²) in [4.78, 5) is 26.7. The van der Waals surface area contributed by atoms with Crippen LogP contribution >= 0.6 is 0 Å². The summed E-state index contributed by atoms with van der Waals surface area (Å²) < 4.78 is 39.5. The molecule has 1 aliphatic heterocycles. The molecule has 2 rings (SSSR count). The highest BCUT2D eigenvalue weighted by molar-refractivity contribution is 5.99. The number of rotatable bonds is 4. The second-order valence-corrected chi connectivity index (χ2v) is 5.86. The highest BCUT2D eigenvalue weighted by atomic mass is 19.4. The Bertz CT molecular complexity index is 646. The van der Waals surface area contributed by atoms with E-state index in [-0.39, 0.29) is 30.2 Å². The van der Waals surface area contributed by atoms with Crippen LogP contribution in [0.1, 0.15) is 35.7 Å². The number of alkyl halides is 3. The quantitative estimate of drug-likeness (QED) is 0.912. The van der Waals surface area contributed by atoms with E-state index in [1.54, 1.807) is 6.92 Å². The molecule has 1 unspecified atom stereocenters. The smallest absolute Gasteiger partial charge is 0.394 e. The van der Waals surface area contributed by atoms with Gasteiger partial charge in [-0.15, -0.1) is 0 Å². The van der Waals surface area contributed by atoms with Crippen molar-refractivity contribution in [2.75, 3.05) is 25.1 Å². The first-order chi connectivity index (χ1) is 11.1. The number of aliphatic hydroxyl groups excluding tert-OH is 1. The number of hydrogen-bond acceptors (Lipinski definition) is 3. The number of carbonyl (C=O) groups is 2. The van der Waals surface area contributed by atoms with Crippen LogP contribution in [0.2, 0.25) is 0 Å². The lowest BCUT2D eigenvalue weighted by Crippen LogP contribution is -2.37. The van der Waals surface area contributed by atoms with Crippen molar-refractivity contribution in [3.8, 4) is 0 Å². The van der Waals surface area contributed by atoms with E-state index in [4.69, 9.17) is 5.11 Å². The highest BCUT2D eigenvalue weighted by Gasteiger charge is 2.34. The molecule has 0 radical (unpaired) electrons. The fourth-order valence-corrected chi connectivity index (χ4v) is 2.50. The molecule has 1 fully saturated rings. The third-order valence-electron chi connectivity index (χ3n) is 4.12. The van der Waals surface area contributed by atoms with Crippen molar-refractivity contribution in [3.63, 3.8) is 0 Å². The van der Waals surface area contributed by atoms with Crippen molar-refractivity contribution in [1.82, 2.24) is 4.90 Å². The van der Waals surface area contributed by atoms with E-state index in [1.165, 1.54) is 22.9 Å². The van der Waals surface area contributed by atoms with Crippen molar-refractivity contribution >= 4 is 17.5 Å². The van der Waals surface area contributed by atoms with E-state index in [1.807, 2.05) is 0 Å². The van der Waals surface area contributed by atoms with Crippen LogP contribution in [-0.2, 0) is 11.0 Å². The summed E-state index contributed by atoms with van der Waals surface area (Å²) >= 11 is 0. The van der Waals surface area contributed by atoms with Gasteiger partial charge in [0.25, 0.3) is 5.91 Å². The molecule has 1 aromatic carbocycles. The van der Waals surface area contributed by atoms with Crippen LogP contribution in [0.25, 0.3) is 0 Å². The molecule has 1 N–H and O–H groups in total. The molecule has 0 spiro atoms. The van der Waals surface area contributed by atoms with Crippen LogP contribution in [0.5, 0.6) is 0 Å². The van der Waals surface area contributed by atoms with Gasteiger partial charge in [0.15, 0.2) is 0 Å². The number of nitrogens with zero attached hydrogens (tertiary/aromatic N) is 2. The average Bonchev–Trinajstić information content (AvgIpc) is 2.97. The van der Waals surface area contributed by atoms with E-state index < -0.39 is 23.7 Å². The molecule has 2 amide bonds. The number of amides is 2. The zero-order valence-corrected chi connectivity index (χ0v) is 13.4. The highest BCUT2D eigenvalue weighted by Crippen LogP contribution is 2.34. The molecule has 0 aliphatic carbocycles. The van der Waals surface area contributed by atoms with Gasteiger partial charge in [-0.25, -0.2) is 0 Å². The zero-order valence-electron chi connectivity index (χ0n) is 13.4. The van der Waals surface area contributed by atoms with Gasteiger partial charge in [0, 0.05) is 31.3 Å². The van der Waals surface area contributed by atoms with Crippen LogP contribution in [0.15, 0.2) is 18.2 Å². The first kappa shape index (κ1) is 18.3. The Balaban J connectivity index is 2.47. The lowest BCUT2D eigenvalue weighted by molar-refractivity contribution is -0.137. The van der Waals surface area contributed by atoms with Gasteiger partial charge in [-0.2, -0.15) is 13.2 Å². The van der Waals surface area contributed by atoms with Gasteiger partial charge in [-0.3, -0.25) is 9.59 Å². The fourth-order valence-electron chi connectivity index (χ4n) is 2.50. The minimum absolute atomic E-state index is 0.0701. The molecule has 5 nitrogen and oxygen atoms in total. The van der Waals surface area contributed by atoms with Gasteiger partial charge in [-0.1, -0.05) is 0 Å². The second-order valence-electron chi connectivity index (χ2n) is 5.86. The van der Waals surface area contributed by atoms with Gasteiger partial charge in [0.1, 0.15) is 0 Å².